The predicted octanol–water partition coefficient (Wildman–Crippen LogP) is -6.81. The summed E-state index contributed by atoms with van der Waals surface area (Å²) in [7, 11) is -5.61. The van der Waals surface area contributed by atoms with Crippen molar-refractivity contribution < 1.29 is 19.2 Å². The molecule has 0 aliphatic heterocycles. The molecule has 0 amide bonds. The van der Waals surface area contributed by atoms with Crippen LogP contribution in [0, 0.1) is 0 Å². The summed E-state index contributed by atoms with van der Waals surface area (Å²) < 4.78 is 0. The molecule has 0 N–H and O–H groups in total. The molecular formula is H2Ca2O4SiSr. The molecule has 0 rings (SSSR count). The van der Waals surface area contributed by atoms with Crippen LogP contribution in [-0.4, -0.2) is 130 Å². The number of hydrogen-bond acceptors (Lipinski definition) is 4. The Labute approximate surface area is 145 Å². The normalized spacial score (nSPS) is 7.50. The van der Waals surface area contributed by atoms with Gasteiger partial charge in [-0.15, -0.1) is 0 Å². The third kappa shape index (κ3) is 50.1. The summed E-state index contributed by atoms with van der Waals surface area (Å²) in [6.45, 7) is 0. The monoisotopic (exact) mass is 262 g/mol. The van der Waals surface area contributed by atoms with Crippen molar-refractivity contribution in [2.75, 3.05) is 0 Å². The van der Waals surface area contributed by atoms with Gasteiger partial charge in [0.25, 0.3) is 0 Å². The van der Waals surface area contributed by atoms with Crippen molar-refractivity contribution in [2.24, 2.45) is 0 Å². The van der Waals surface area contributed by atoms with E-state index in [4.69, 9.17) is 19.2 Å². The van der Waals surface area contributed by atoms with Gasteiger partial charge < -0.3 is 28.2 Å². The van der Waals surface area contributed by atoms with Crippen LogP contribution in [-0.2, 0) is 0 Å². The fourth-order valence-corrected chi connectivity index (χ4v) is 0. The van der Waals surface area contributed by atoms with Crippen LogP contribution in [0.15, 0.2) is 0 Å². The van der Waals surface area contributed by atoms with E-state index in [0.29, 0.717) is 0 Å². The Morgan fingerprint density at radius 3 is 0.750 bits per heavy atom. The van der Waals surface area contributed by atoms with E-state index in [-0.39, 0.29) is 121 Å². The van der Waals surface area contributed by atoms with Crippen LogP contribution in [0.1, 0.15) is 0 Å². The fraction of sp³-hybridized carbons (Fsp3) is 0. The fourth-order valence-electron chi connectivity index (χ4n) is 0. The molecule has 36 valence electrons. The topological polar surface area (TPSA) is 92.2 Å². The summed E-state index contributed by atoms with van der Waals surface area (Å²) >= 11 is 0. The van der Waals surface area contributed by atoms with E-state index in [2.05, 4.69) is 0 Å². The van der Waals surface area contributed by atoms with Crippen molar-refractivity contribution in [1.29, 1.82) is 0 Å². The van der Waals surface area contributed by atoms with Crippen molar-refractivity contribution in [3.8, 4) is 0 Å². The Morgan fingerprint density at radius 2 is 0.750 bits per heavy atom. The molecule has 0 fully saturated rings. The second-order valence-corrected chi connectivity index (χ2v) is 1.50. The number of hydrogen-bond donors (Lipinski definition) is 0. The average molecular weight is 262 g/mol. The van der Waals surface area contributed by atoms with Crippen LogP contribution in [0.3, 0.4) is 0 Å². The summed E-state index contributed by atoms with van der Waals surface area (Å²) in [5.41, 5.74) is 0. The molecule has 0 atom stereocenters. The van der Waals surface area contributed by atoms with Gasteiger partial charge in [-0.3, -0.25) is 0 Å². The van der Waals surface area contributed by atoms with E-state index in [0.717, 1.165) is 0 Å². The number of rotatable bonds is 0. The molecule has 0 bridgehead atoms. The van der Waals surface area contributed by atoms with Gasteiger partial charge in [-0.25, -0.2) is 0 Å². The molecule has 8 heavy (non-hydrogen) atoms. The Balaban J connectivity index is -0.0000000267. The zero-order valence-corrected chi connectivity index (χ0v) is 8.96. The summed E-state index contributed by atoms with van der Waals surface area (Å²) in [4.78, 5) is 34.3. The molecule has 0 spiro atoms. The Bertz CT molecular complexity index is 29.5. The molecule has 8 heteroatoms. The van der Waals surface area contributed by atoms with Gasteiger partial charge in [0.2, 0.25) is 0 Å². The Kier molecular flexibility index (Phi) is 31.4. The standard InChI is InChI=1S/2Ca.O4Si.Sr.2H/c;;1-5(2,3)4;;;/q2*+2;-4;;;. The zero-order chi connectivity index (χ0) is 4.50. The first-order chi connectivity index (χ1) is 2.00. The van der Waals surface area contributed by atoms with Gasteiger partial charge >= 0.3 is 121 Å². The summed E-state index contributed by atoms with van der Waals surface area (Å²) in [5, 5.41) is 0. The molecule has 0 unspecified atom stereocenters. The average Bonchev–Trinajstić information content (AvgIpc) is 0.722. The van der Waals surface area contributed by atoms with E-state index >= 15 is 0 Å². The van der Waals surface area contributed by atoms with E-state index in [9.17, 15) is 0 Å². The molecule has 0 aliphatic carbocycles. The van der Waals surface area contributed by atoms with E-state index in [1.165, 1.54) is 0 Å². The van der Waals surface area contributed by atoms with Gasteiger partial charge in [0.15, 0.2) is 0 Å². The van der Waals surface area contributed by atoms with Crippen LogP contribution in [0.4, 0.5) is 0 Å². The van der Waals surface area contributed by atoms with Crippen molar-refractivity contribution in [3.05, 3.63) is 0 Å². The predicted molar refractivity (Wildman–Crippen MR) is 25.8 cm³/mol. The molecule has 0 aromatic rings. The van der Waals surface area contributed by atoms with Gasteiger partial charge in [-0.05, 0) is 0 Å². The van der Waals surface area contributed by atoms with Gasteiger partial charge in [-0.2, -0.15) is 0 Å². The molecular weight excluding hydrogens is 260 g/mol. The van der Waals surface area contributed by atoms with Gasteiger partial charge in [0.1, 0.15) is 0 Å². The van der Waals surface area contributed by atoms with Crippen LogP contribution >= 0.6 is 0 Å². The Morgan fingerprint density at radius 1 is 0.750 bits per heavy atom. The van der Waals surface area contributed by atoms with Crippen molar-refractivity contribution in [2.45, 2.75) is 0 Å². The molecule has 0 aromatic heterocycles. The molecule has 4 nitrogen and oxygen atoms in total. The van der Waals surface area contributed by atoms with Gasteiger partial charge in [0, 0.05) is 0 Å². The first kappa shape index (κ1) is 22.7. The van der Waals surface area contributed by atoms with E-state index in [1.54, 1.807) is 0 Å². The van der Waals surface area contributed by atoms with Crippen molar-refractivity contribution in [1.82, 2.24) is 0 Å². The molecule has 0 saturated carbocycles. The minimum absolute atomic E-state index is 0. The second kappa shape index (κ2) is 11.1. The summed E-state index contributed by atoms with van der Waals surface area (Å²) in [5.74, 6) is 0. The van der Waals surface area contributed by atoms with Crippen LogP contribution in [0.2, 0.25) is 0 Å². The molecule has 0 aliphatic rings. The second-order valence-electron chi connectivity index (χ2n) is 0.500. The SMILES string of the molecule is [Ca+2].[Ca+2].[O-][Si]([O-])([O-])[O-].[SrH2]. The van der Waals surface area contributed by atoms with Crippen LogP contribution in [0.25, 0.3) is 0 Å². The van der Waals surface area contributed by atoms with E-state index in [1.807, 2.05) is 0 Å². The molecule has 0 radical (unpaired) electrons. The van der Waals surface area contributed by atoms with Gasteiger partial charge in [-0.1, -0.05) is 0 Å². The van der Waals surface area contributed by atoms with Crippen molar-refractivity contribution >= 4 is 130 Å². The summed E-state index contributed by atoms with van der Waals surface area (Å²) in [6, 6.07) is 0. The minimum atomic E-state index is -5.61. The quantitative estimate of drug-likeness (QED) is 0.405. The van der Waals surface area contributed by atoms with E-state index < -0.39 is 9.05 Å². The van der Waals surface area contributed by atoms with Crippen LogP contribution in [0.5, 0.6) is 0 Å². The van der Waals surface area contributed by atoms with Crippen LogP contribution < -0.4 is 19.2 Å². The molecule has 0 aromatic carbocycles. The van der Waals surface area contributed by atoms with Gasteiger partial charge in [0.05, 0.1) is 0 Å². The zero-order valence-electron chi connectivity index (χ0n) is 3.55. The third-order valence-electron chi connectivity index (χ3n) is 0. The maximum atomic E-state index is 8.58. The first-order valence-corrected chi connectivity index (χ1v) is 2.45. The maximum absolute atomic E-state index is 8.58. The first-order valence-electron chi connectivity index (χ1n) is 0.816. The molecule has 0 heterocycles. The Hall–Kier alpha value is 4.06. The molecule has 0 saturated heterocycles. The summed E-state index contributed by atoms with van der Waals surface area (Å²) in [6.07, 6.45) is 0. The van der Waals surface area contributed by atoms with Crippen molar-refractivity contribution in [3.63, 3.8) is 0 Å². The third-order valence-corrected chi connectivity index (χ3v) is 0.